The molecule has 4 saturated heterocycles. The van der Waals surface area contributed by atoms with E-state index in [1.807, 2.05) is 0 Å². The number of benzene rings is 2. The van der Waals surface area contributed by atoms with Gasteiger partial charge >= 0.3 is 5.97 Å². The minimum Gasteiger partial charge on any atom is -0.506 e. The Morgan fingerprint density at radius 3 is 2.68 bits per heavy atom. The summed E-state index contributed by atoms with van der Waals surface area (Å²) in [6, 6.07) is 4.43. The molecule has 2 aromatic carbocycles. The van der Waals surface area contributed by atoms with Crippen LogP contribution in [0.5, 0.6) is 11.5 Å². The number of rotatable bonds is 8. The van der Waals surface area contributed by atoms with Gasteiger partial charge in [0, 0.05) is 36.0 Å². The number of ether oxygens (including phenoxy) is 4. The van der Waals surface area contributed by atoms with Crippen LogP contribution in [0, 0.1) is 29.6 Å². The monoisotopic (exact) mass is 818 g/mol. The number of aromatic carboxylic acids is 1. The van der Waals surface area contributed by atoms with Gasteiger partial charge < -0.3 is 49.6 Å². The van der Waals surface area contributed by atoms with Gasteiger partial charge in [-0.1, -0.05) is 34.1 Å². The Bertz CT molecular complexity index is 1850. The average Bonchev–Trinajstić information content (AvgIpc) is 3.55. The number of phenolic OH excluding ortho intramolecular Hbond substituents is 1. The number of aromatic hydroxyl groups is 1. The van der Waals surface area contributed by atoms with Crippen LogP contribution in [0.4, 0.5) is 0 Å². The van der Waals surface area contributed by atoms with Crippen molar-refractivity contribution >= 4 is 44.1 Å². The van der Waals surface area contributed by atoms with Gasteiger partial charge in [-0.05, 0) is 106 Å². The summed E-state index contributed by atoms with van der Waals surface area (Å²) in [5, 5.41) is 66.8. The summed E-state index contributed by atoms with van der Waals surface area (Å²) in [7, 11) is 3.14. The third-order valence-electron chi connectivity index (χ3n) is 14.1. The molecule has 8 rings (SSSR count). The van der Waals surface area contributed by atoms with E-state index in [2.05, 4.69) is 10.9 Å². The predicted octanol–water partition coefficient (Wildman–Crippen LogP) is 3.66. The van der Waals surface area contributed by atoms with Crippen molar-refractivity contribution in [2.24, 2.45) is 22.7 Å². The fraction of sp³-hybridized carbons (Fsp3) is 0.700. The summed E-state index contributed by atoms with van der Waals surface area (Å²) in [5.41, 5.74) is 5.71. The number of carbonyl (C=O) groups is 2. The van der Waals surface area contributed by atoms with Gasteiger partial charge in [0.2, 0.25) is 6.29 Å². The van der Waals surface area contributed by atoms with Crippen molar-refractivity contribution in [2.45, 2.75) is 113 Å². The van der Waals surface area contributed by atoms with Crippen LogP contribution in [0.2, 0.25) is 0 Å². The minimum absolute atomic E-state index is 0.0368. The van der Waals surface area contributed by atoms with Gasteiger partial charge in [0.05, 0.1) is 29.7 Å². The number of carboxylic acid groups (broad SMARTS) is 1. The van der Waals surface area contributed by atoms with Crippen LogP contribution in [0.3, 0.4) is 0 Å². The summed E-state index contributed by atoms with van der Waals surface area (Å²) in [4.78, 5) is 24.7. The molecule has 2 aromatic rings. The Hall–Kier alpha value is -2.22. The topological polar surface area (TPSA) is 216 Å². The number of carboxylic acids is 1. The van der Waals surface area contributed by atoms with E-state index in [0.29, 0.717) is 37.7 Å². The largest absolute Gasteiger partial charge is 0.506 e. The first kappa shape index (κ1) is 40.6. The van der Waals surface area contributed by atoms with Gasteiger partial charge in [0.1, 0.15) is 41.4 Å². The second kappa shape index (κ2) is 15.4. The predicted molar refractivity (Wildman–Crippen MR) is 209 cm³/mol. The molecule has 4 heterocycles. The van der Waals surface area contributed by atoms with E-state index < -0.39 is 59.9 Å². The van der Waals surface area contributed by atoms with E-state index in [4.69, 9.17) is 18.9 Å². The van der Waals surface area contributed by atoms with Gasteiger partial charge in [-0.15, -0.1) is 0 Å². The van der Waals surface area contributed by atoms with E-state index in [1.165, 1.54) is 29.9 Å². The van der Waals surface area contributed by atoms with Crippen molar-refractivity contribution in [3.63, 3.8) is 0 Å². The number of aliphatic hydroxyl groups excluding tert-OH is 4. The van der Waals surface area contributed by atoms with E-state index in [-0.39, 0.29) is 69.3 Å². The lowest BCUT2D eigenvalue weighted by atomic mass is 9.46. The molecule has 3 spiro atoms. The highest BCUT2D eigenvalue weighted by Crippen LogP contribution is 2.65. The number of hydrogen-bond acceptors (Lipinski definition) is 15. The summed E-state index contributed by atoms with van der Waals surface area (Å²) >= 11 is 0. The Kier molecular flexibility index (Phi) is 11.2. The molecule has 4 aliphatic heterocycles. The second-order valence-electron chi connectivity index (χ2n) is 17.2. The molecule has 2 bridgehead atoms. The van der Waals surface area contributed by atoms with Crippen LogP contribution < -0.4 is 15.6 Å². The maximum absolute atomic E-state index is 12.5. The molecule has 11 atom stereocenters. The molecule has 16 heteroatoms. The third-order valence-corrected chi connectivity index (χ3v) is 16.3. The Labute approximate surface area is 333 Å². The highest BCUT2D eigenvalue weighted by molar-refractivity contribution is 8.76. The molecular formula is C40H54N2O12S2. The van der Waals surface area contributed by atoms with E-state index in [9.17, 15) is 40.2 Å². The van der Waals surface area contributed by atoms with Crippen molar-refractivity contribution in [3.8, 4) is 11.5 Å². The highest BCUT2D eigenvalue weighted by atomic mass is 33.1. The van der Waals surface area contributed by atoms with Crippen molar-refractivity contribution < 1.29 is 59.2 Å². The first-order valence-corrected chi connectivity index (χ1v) is 22.2. The first-order chi connectivity index (χ1) is 26.8. The summed E-state index contributed by atoms with van der Waals surface area (Å²) in [6.07, 6.45) is 1.30. The lowest BCUT2D eigenvalue weighted by molar-refractivity contribution is -0.323. The molecule has 6 fully saturated rings. The fourth-order valence-corrected chi connectivity index (χ4v) is 14.3. The molecule has 2 saturated carbocycles. The number of carbonyl (C=O) groups excluding carboxylic acids is 1. The summed E-state index contributed by atoms with van der Waals surface area (Å²) < 4.78 is 25.6. The van der Waals surface area contributed by atoms with Crippen LogP contribution >= 0.6 is 21.6 Å². The van der Waals surface area contributed by atoms with Gasteiger partial charge in [-0.2, -0.15) is 0 Å². The lowest BCUT2D eigenvalue weighted by Gasteiger charge is -2.67. The van der Waals surface area contributed by atoms with Crippen LogP contribution in [-0.2, 0) is 14.2 Å². The van der Waals surface area contributed by atoms with Crippen LogP contribution in [0.15, 0.2) is 18.2 Å². The number of aliphatic hydroxyl groups is 4. The molecule has 6 aliphatic rings. The highest BCUT2D eigenvalue weighted by Gasteiger charge is 2.67. The van der Waals surface area contributed by atoms with Gasteiger partial charge in [-0.25, -0.2) is 4.79 Å². The van der Waals surface area contributed by atoms with Crippen LogP contribution in [0.25, 0.3) is 10.8 Å². The molecule has 14 nitrogen and oxygen atoms in total. The number of nitrogens with one attached hydrogen (secondary N) is 2. The van der Waals surface area contributed by atoms with E-state index >= 15 is 0 Å². The lowest BCUT2D eigenvalue weighted by Crippen LogP contribution is -2.77. The molecule has 308 valence electrons. The Morgan fingerprint density at radius 2 is 1.93 bits per heavy atom. The zero-order chi connectivity index (χ0) is 39.6. The molecule has 0 amide bonds. The maximum Gasteiger partial charge on any atom is 0.335 e. The number of phenols is 1. The van der Waals surface area contributed by atoms with Gasteiger partial charge in [0.15, 0.2) is 5.78 Å². The number of fused-ring (bicyclic) bond motifs is 1. The molecule has 2 aliphatic carbocycles. The maximum atomic E-state index is 12.5. The number of Topliss-reactive ketones (excluding diaryl/α,β-unsaturated/α-hetero) is 1. The molecule has 0 unspecified atom stereocenters. The van der Waals surface area contributed by atoms with Crippen molar-refractivity contribution in [3.05, 3.63) is 34.9 Å². The van der Waals surface area contributed by atoms with Crippen molar-refractivity contribution in [2.75, 3.05) is 38.1 Å². The number of hydrogen-bond donors (Lipinski definition) is 8. The van der Waals surface area contributed by atoms with Crippen molar-refractivity contribution in [1.82, 2.24) is 10.9 Å². The number of aryl methyl sites for hydroxylation is 1. The quantitative estimate of drug-likeness (QED) is 0.141. The molecule has 0 aromatic heterocycles. The average molecular weight is 819 g/mol. The number of ketones is 1. The van der Waals surface area contributed by atoms with Crippen LogP contribution in [-0.4, -0.2) is 122 Å². The standard InChI is InChI=1S/C40H54N2O12S2/c1-21-11-23-12-24(35(49)50)13-26(30(23)31(46)29(21)22(2)45)53-36-32(47)34(48)40(28(15-44)54-36)9-8-39-17-37(6-3-5-27(37)41-42-39)14-25-16-51-18-38(33(25)39,7-4-10-43)19-55-56-20-52-40/h11-13,25,27-28,32-34,36,41-44,46-48H,3-10,14-20H2,1-2H3,(H,49,50)/t25-,27+,28-,32-,33+,34-,36+,37-,38+,39+,40+/m1/s1. The third kappa shape index (κ3) is 6.55. The first-order valence-electron chi connectivity index (χ1n) is 19.8. The minimum atomic E-state index is -1.74. The zero-order valence-corrected chi connectivity index (χ0v) is 33.5. The zero-order valence-electron chi connectivity index (χ0n) is 31.8. The molecular weight excluding hydrogens is 765 g/mol. The SMILES string of the molecule is CC(=O)c1c(C)cc2cc(C(=O)O)cc(O[C@H]3O[C@H](CO)[C@@]4(CC[C@@]56C[C@@]7(CCC[C@@H]7NN5)C[C@@H]5COC[C@@](CCCO)(CSSCO4)[C@H]56)[C@H](O)[C@H]3O)c2c1O. The van der Waals surface area contributed by atoms with Gasteiger partial charge in [-0.3, -0.25) is 15.6 Å². The Balaban J connectivity index is 1.16. The smallest absolute Gasteiger partial charge is 0.335 e. The van der Waals surface area contributed by atoms with E-state index in [0.717, 1.165) is 44.3 Å². The molecule has 56 heavy (non-hydrogen) atoms. The van der Waals surface area contributed by atoms with Crippen LogP contribution in [0.1, 0.15) is 91.0 Å². The Morgan fingerprint density at radius 1 is 1.11 bits per heavy atom. The second-order valence-corrected chi connectivity index (χ2v) is 19.6. The molecule has 0 radical (unpaired) electrons. The summed E-state index contributed by atoms with van der Waals surface area (Å²) in [5.74, 6) is -0.940. The fourth-order valence-electron chi connectivity index (χ4n) is 12.0. The summed E-state index contributed by atoms with van der Waals surface area (Å²) in [6.45, 7) is 3.67. The van der Waals surface area contributed by atoms with Crippen molar-refractivity contribution in [1.29, 1.82) is 0 Å². The van der Waals surface area contributed by atoms with Gasteiger partial charge in [0.25, 0.3) is 0 Å². The van der Waals surface area contributed by atoms with E-state index in [1.54, 1.807) is 23.8 Å². The number of hydrazine groups is 1. The molecule has 8 N–H and O–H groups in total. The normalized spacial score (nSPS) is 39.7.